The summed E-state index contributed by atoms with van der Waals surface area (Å²) in [6, 6.07) is 4.77. The lowest BCUT2D eigenvalue weighted by Crippen LogP contribution is -2.45. The normalized spacial score (nSPS) is 18.8. The van der Waals surface area contributed by atoms with Gasteiger partial charge in [-0.05, 0) is 49.9 Å². The van der Waals surface area contributed by atoms with Crippen molar-refractivity contribution in [2.45, 2.75) is 31.1 Å². The molecule has 7 nitrogen and oxygen atoms in total. The maximum absolute atomic E-state index is 12.9. The molecule has 8 heteroatoms. The first kappa shape index (κ1) is 19.7. The lowest BCUT2D eigenvalue weighted by molar-refractivity contribution is -0.126. The zero-order valence-corrected chi connectivity index (χ0v) is 15.5. The monoisotopic (exact) mass is 370 g/mol. The summed E-state index contributed by atoms with van der Waals surface area (Å²) in [4.78, 5) is 12.4. The van der Waals surface area contributed by atoms with Crippen LogP contribution in [0.15, 0.2) is 23.1 Å². The van der Waals surface area contributed by atoms with E-state index < -0.39 is 10.0 Å². The molecule has 0 bridgehead atoms. The molecule has 1 saturated heterocycles. The Morgan fingerprint density at radius 1 is 1.44 bits per heavy atom. The van der Waals surface area contributed by atoms with Gasteiger partial charge in [-0.1, -0.05) is 0 Å². The highest BCUT2D eigenvalue weighted by Crippen LogP contribution is 2.27. The van der Waals surface area contributed by atoms with Gasteiger partial charge in [-0.3, -0.25) is 4.79 Å². The van der Waals surface area contributed by atoms with E-state index in [1.54, 1.807) is 26.2 Å². The molecule has 0 aliphatic carbocycles. The van der Waals surface area contributed by atoms with Gasteiger partial charge in [0.1, 0.15) is 5.75 Å². The van der Waals surface area contributed by atoms with Gasteiger partial charge in [0, 0.05) is 26.2 Å². The van der Waals surface area contributed by atoms with Crippen LogP contribution in [0.3, 0.4) is 0 Å². The Morgan fingerprint density at radius 3 is 2.84 bits per heavy atom. The average molecular weight is 370 g/mol. The third-order valence-corrected chi connectivity index (χ3v) is 6.25. The highest BCUT2D eigenvalue weighted by molar-refractivity contribution is 7.89. The number of aryl methyl sites for hydroxylation is 1. The molecule has 0 saturated carbocycles. The van der Waals surface area contributed by atoms with Crippen molar-refractivity contribution in [1.82, 2.24) is 9.62 Å². The predicted molar refractivity (Wildman–Crippen MR) is 93.9 cm³/mol. The zero-order valence-electron chi connectivity index (χ0n) is 14.7. The first-order valence-electron chi connectivity index (χ1n) is 8.43. The van der Waals surface area contributed by atoms with E-state index in [2.05, 4.69) is 5.32 Å². The number of hydrogen-bond donors (Lipinski definition) is 2. The Bertz CT molecular complexity index is 705. The van der Waals surface area contributed by atoms with Crippen LogP contribution in [0.25, 0.3) is 0 Å². The second kappa shape index (κ2) is 8.64. The summed E-state index contributed by atoms with van der Waals surface area (Å²) < 4.78 is 32.3. The van der Waals surface area contributed by atoms with Crippen molar-refractivity contribution in [3.63, 3.8) is 0 Å². The fourth-order valence-electron chi connectivity index (χ4n) is 2.97. The minimum absolute atomic E-state index is 0.0161. The van der Waals surface area contributed by atoms with Gasteiger partial charge in [0.2, 0.25) is 15.9 Å². The van der Waals surface area contributed by atoms with Crippen LogP contribution in [-0.2, 0) is 14.8 Å². The molecular weight excluding hydrogens is 344 g/mol. The molecule has 0 spiro atoms. The summed E-state index contributed by atoms with van der Waals surface area (Å²) in [6.45, 7) is 2.80. The number of hydrogen-bond acceptors (Lipinski definition) is 5. The Morgan fingerprint density at radius 2 is 2.20 bits per heavy atom. The van der Waals surface area contributed by atoms with Gasteiger partial charge in [-0.2, -0.15) is 4.31 Å². The molecule has 1 amide bonds. The first-order chi connectivity index (χ1) is 11.9. The maximum Gasteiger partial charge on any atom is 0.243 e. The summed E-state index contributed by atoms with van der Waals surface area (Å²) in [5, 5.41) is 11.5. The van der Waals surface area contributed by atoms with E-state index in [0.717, 1.165) is 5.56 Å². The number of aliphatic hydroxyl groups is 1. The molecule has 2 rings (SSSR count). The van der Waals surface area contributed by atoms with Gasteiger partial charge in [-0.25, -0.2) is 8.42 Å². The number of ether oxygens (including phenoxy) is 1. The number of piperidine rings is 1. The number of methoxy groups -OCH3 is 1. The van der Waals surface area contributed by atoms with Crippen molar-refractivity contribution >= 4 is 15.9 Å². The van der Waals surface area contributed by atoms with E-state index in [1.165, 1.54) is 10.4 Å². The van der Waals surface area contributed by atoms with Gasteiger partial charge in [-0.15, -0.1) is 0 Å². The van der Waals surface area contributed by atoms with Gasteiger partial charge in [0.15, 0.2) is 0 Å². The van der Waals surface area contributed by atoms with Gasteiger partial charge < -0.3 is 15.2 Å². The van der Waals surface area contributed by atoms with E-state index in [1.807, 2.05) is 0 Å². The minimum Gasteiger partial charge on any atom is -0.496 e. The van der Waals surface area contributed by atoms with Crippen molar-refractivity contribution in [1.29, 1.82) is 0 Å². The number of benzene rings is 1. The van der Waals surface area contributed by atoms with Gasteiger partial charge in [0.25, 0.3) is 0 Å². The number of nitrogens with zero attached hydrogens (tertiary/aromatic N) is 1. The molecule has 1 fully saturated rings. The van der Waals surface area contributed by atoms with E-state index >= 15 is 0 Å². The van der Waals surface area contributed by atoms with Crippen LogP contribution >= 0.6 is 0 Å². The van der Waals surface area contributed by atoms with E-state index in [4.69, 9.17) is 9.84 Å². The quantitative estimate of drug-likeness (QED) is 0.696. The SMILES string of the molecule is COc1ccc(S(=O)(=O)N2CCC[C@@H](C(=O)NCCCO)C2)cc1C. The molecular formula is C17H26N2O5S. The lowest BCUT2D eigenvalue weighted by Gasteiger charge is -2.31. The summed E-state index contributed by atoms with van der Waals surface area (Å²) in [5.41, 5.74) is 0.749. The lowest BCUT2D eigenvalue weighted by atomic mass is 9.99. The largest absolute Gasteiger partial charge is 0.496 e. The van der Waals surface area contributed by atoms with Crippen molar-refractivity contribution in [2.75, 3.05) is 33.4 Å². The third kappa shape index (κ3) is 4.71. The Hall–Kier alpha value is -1.64. The van der Waals surface area contributed by atoms with Crippen LogP contribution in [0.2, 0.25) is 0 Å². The molecule has 0 radical (unpaired) electrons. The van der Waals surface area contributed by atoms with Crippen LogP contribution in [0.1, 0.15) is 24.8 Å². The summed E-state index contributed by atoms with van der Waals surface area (Å²) >= 11 is 0. The number of aliphatic hydroxyl groups excluding tert-OH is 1. The molecule has 1 aliphatic rings. The van der Waals surface area contributed by atoms with Crippen molar-refractivity contribution in [3.05, 3.63) is 23.8 Å². The summed E-state index contributed by atoms with van der Waals surface area (Å²) in [6.07, 6.45) is 1.80. The summed E-state index contributed by atoms with van der Waals surface area (Å²) in [5.74, 6) is 0.125. The molecule has 0 unspecified atom stereocenters. The molecule has 1 atom stereocenters. The molecule has 140 valence electrons. The number of amides is 1. The molecule has 1 aromatic carbocycles. The van der Waals surface area contributed by atoms with Gasteiger partial charge >= 0.3 is 0 Å². The highest BCUT2D eigenvalue weighted by atomic mass is 32.2. The Kier molecular flexibility index (Phi) is 6.80. The maximum atomic E-state index is 12.9. The van der Waals surface area contributed by atoms with Crippen LogP contribution in [0.4, 0.5) is 0 Å². The van der Waals surface area contributed by atoms with Gasteiger partial charge in [0.05, 0.1) is 17.9 Å². The van der Waals surface area contributed by atoms with Crippen LogP contribution in [0.5, 0.6) is 5.75 Å². The molecule has 1 aromatic rings. The second-order valence-corrected chi connectivity index (χ2v) is 8.14. The van der Waals surface area contributed by atoms with Crippen molar-refractivity contribution < 1.29 is 23.1 Å². The van der Waals surface area contributed by atoms with E-state index in [-0.39, 0.29) is 29.9 Å². The van der Waals surface area contributed by atoms with Crippen LogP contribution in [0, 0.1) is 12.8 Å². The number of sulfonamides is 1. The summed E-state index contributed by atoms with van der Waals surface area (Å²) in [7, 11) is -2.10. The number of rotatable bonds is 7. The fraction of sp³-hybridized carbons (Fsp3) is 0.588. The Labute approximate surface area is 149 Å². The zero-order chi connectivity index (χ0) is 18.4. The van der Waals surface area contributed by atoms with Crippen molar-refractivity contribution in [2.24, 2.45) is 5.92 Å². The Balaban J connectivity index is 2.11. The topological polar surface area (TPSA) is 95.9 Å². The number of nitrogens with one attached hydrogen (secondary N) is 1. The van der Waals surface area contributed by atoms with E-state index in [9.17, 15) is 13.2 Å². The van der Waals surface area contributed by atoms with Crippen LogP contribution < -0.4 is 10.1 Å². The molecule has 2 N–H and O–H groups in total. The smallest absolute Gasteiger partial charge is 0.243 e. The fourth-order valence-corrected chi connectivity index (χ4v) is 4.58. The minimum atomic E-state index is -3.64. The third-order valence-electron chi connectivity index (χ3n) is 4.39. The molecule has 25 heavy (non-hydrogen) atoms. The van der Waals surface area contributed by atoms with Crippen LogP contribution in [-0.4, -0.2) is 57.1 Å². The predicted octanol–water partition coefficient (Wildman–Crippen LogP) is 0.903. The first-order valence-corrected chi connectivity index (χ1v) is 9.87. The standard InChI is InChI=1S/C17H26N2O5S/c1-13-11-15(6-7-16(13)24-2)25(22,23)19-9-3-5-14(12-19)17(21)18-8-4-10-20/h6-7,11,14,20H,3-5,8-10,12H2,1-2H3,(H,18,21)/t14-/m1/s1. The van der Waals surface area contributed by atoms with Crippen molar-refractivity contribution in [3.8, 4) is 5.75 Å². The number of carbonyl (C=O) groups excluding carboxylic acids is 1. The highest BCUT2D eigenvalue weighted by Gasteiger charge is 2.33. The molecule has 1 heterocycles. The second-order valence-electron chi connectivity index (χ2n) is 6.20. The number of carbonyl (C=O) groups is 1. The molecule has 0 aromatic heterocycles. The average Bonchev–Trinajstić information content (AvgIpc) is 2.61. The molecule has 1 aliphatic heterocycles. The van der Waals surface area contributed by atoms with E-state index in [0.29, 0.717) is 38.1 Å².